The number of hydrogen-bond acceptors (Lipinski definition) is 4. The fourth-order valence-electron chi connectivity index (χ4n) is 4.59. The normalized spacial score (nSPS) is 22.7. The standard InChI is InChI=1S/C22H29N3O2/c1-17(26)24-10-11-25(20-7-12-27-13-8-20)16-18(15-24)14-19-4-2-6-22-21(19)5-3-9-23-22/h2-6,9,18,20H,7-8,10-16H2,1H3. The Bertz CT molecular complexity index is 783. The number of aromatic nitrogens is 1. The lowest BCUT2D eigenvalue weighted by atomic mass is 9.94. The summed E-state index contributed by atoms with van der Waals surface area (Å²) in [6, 6.07) is 11.1. The molecule has 1 aromatic carbocycles. The molecular weight excluding hydrogens is 338 g/mol. The zero-order valence-corrected chi connectivity index (χ0v) is 16.1. The molecule has 1 amide bonds. The molecule has 1 unspecified atom stereocenters. The van der Waals surface area contributed by atoms with E-state index in [0.29, 0.717) is 12.0 Å². The van der Waals surface area contributed by atoms with E-state index in [2.05, 4.69) is 34.1 Å². The molecule has 0 spiro atoms. The van der Waals surface area contributed by atoms with Gasteiger partial charge in [0, 0.05) is 63.9 Å². The van der Waals surface area contributed by atoms with Crippen LogP contribution in [0.25, 0.3) is 10.9 Å². The average Bonchev–Trinajstić information content (AvgIpc) is 2.92. The van der Waals surface area contributed by atoms with Crippen molar-refractivity contribution in [1.29, 1.82) is 0 Å². The van der Waals surface area contributed by atoms with E-state index in [1.54, 1.807) is 6.92 Å². The molecule has 5 heteroatoms. The molecule has 2 aliphatic heterocycles. The maximum atomic E-state index is 12.1. The Labute approximate surface area is 161 Å². The number of carbonyl (C=O) groups excluding carboxylic acids is 1. The Morgan fingerprint density at radius 1 is 1.15 bits per heavy atom. The highest BCUT2D eigenvalue weighted by Gasteiger charge is 2.29. The summed E-state index contributed by atoms with van der Waals surface area (Å²) in [4.78, 5) is 21.3. The maximum absolute atomic E-state index is 12.1. The molecule has 5 nitrogen and oxygen atoms in total. The maximum Gasteiger partial charge on any atom is 0.219 e. The van der Waals surface area contributed by atoms with Crippen molar-refractivity contribution in [2.75, 3.05) is 39.4 Å². The second-order valence-corrected chi connectivity index (χ2v) is 7.86. The van der Waals surface area contributed by atoms with E-state index < -0.39 is 0 Å². The van der Waals surface area contributed by atoms with Crippen molar-refractivity contribution < 1.29 is 9.53 Å². The first-order valence-electron chi connectivity index (χ1n) is 10.1. The fraction of sp³-hybridized carbons (Fsp3) is 0.545. The van der Waals surface area contributed by atoms with E-state index >= 15 is 0 Å². The lowest BCUT2D eigenvalue weighted by Crippen LogP contribution is -2.43. The van der Waals surface area contributed by atoms with E-state index in [9.17, 15) is 4.79 Å². The molecule has 2 saturated heterocycles. The van der Waals surface area contributed by atoms with Crippen molar-refractivity contribution in [2.24, 2.45) is 5.92 Å². The quantitative estimate of drug-likeness (QED) is 0.837. The topological polar surface area (TPSA) is 45.7 Å². The van der Waals surface area contributed by atoms with Gasteiger partial charge in [-0.1, -0.05) is 18.2 Å². The monoisotopic (exact) mass is 367 g/mol. The van der Waals surface area contributed by atoms with Gasteiger partial charge in [-0.15, -0.1) is 0 Å². The highest BCUT2D eigenvalue weighted by Crippen LogP contribution is 2.24. The minimum atomic E-state index is 0.188. The van der Waals surface area contributed by atoms with Crippen molar-refractivity contribution in [1.82, 2.24) is 14.8 Å². The van der Waals surface area contributed by atoms with Gasteiger partial charge in [0.1, 0.15) is 0 Å². The third kappa shape index (κ3) is 4.30. The van der Waals surface area contributed by atoms with Crippen LogP contribution in [0, 0.1) is 5.92 Å². The summed E-state index contributed by atoms with van der Waals surface area (Å²) >= 11 is 0. The van der Waals surface area contributed by atoms with Gasteiger partial charge in [-0.25, -0.2) is 0 Å². The number of amides is 1. The van der Waals surface area contributed by atoms with Gasteiger partial charge in [-0.3, -0.25) is 14.7 Å². The van der Waals surface area contributed by atoms with Crippen LogP contribution in [0.15, 0.2) is 36.5 Å². The predicted molar refractivity (Wildman–Crippen MR) is 107 cm³/mol. The summed E-state index contributed by atoms with van der Waals surface area (Å²) < 4.78 is 5.55. The molecule has 4 rings (SSSR count). The molecular formula is C22H29N3O2. The van der Waals surface area contributed by atoms with Gasteiger partial charge in [0.2, 0.25) is 5.91 Å². The van der Waals surface area contributed by atoms with Crippen LogP contribution < -0.4 is 0 Å². The number of nitrogens with zero attached hydrogens (tertiary/aromatic N) is 3. The Kier molecular flexibility index (Phi) is 5.69. The predicted octanol–water partition coefficient (Wildman–Crippen LogP) is 2.74. The Balaban J connectivity index is 1.56. The van der Waals surface area contributed by atoms with Crippen LogP contribution in [0.3, 0.4) is 0 Å². The highest BCUT2D eigenvalue weighted by atomic mass is 16.5. The van der Waals surface area contributed by atoms with Crippen LogP contribution in [-0.4, -0.2) is 66.1 Å². The number of rotatable bonds is 3. The summed E-state index contributed by atoms with van der Waals surface area (Å²) in [5.41, 5.74) is 2.39. The van der Waals surface area contributed by atoms with Gasteiger partial charge in [-0.2, -0.15) is 0 Å². The molecule has 0 aliphatic carbocycles. The van der Waals surface area contributed by atoms with Crippen molar-refractivity contribution in [3.63, 3.8) is 0 Å². The third-order valence-corrected chi connectivity index (χ3v) is 6.03. The number of ether oxygens (including phenoxy) is 1. The van der Waals surface area contributed by atoms with E-state index in [4.69, 9.17) is 4.74 Å². The zero-order chi connectivity index (χ0) is 18.6. The van der Waals surface area contributed by atoms with Crippen LogP contribution in [0.5, 0.6) is 0 Å². The van der Waals surface area contributed by atoms with Gasteiger partial charge in [-0.05, 0) is 42.9 Å². The molecule has 0 bridgehead atoms. The number of hydrogen-bond donors (Lipinski definition) is 0. The Morgan fingerprint density at radius 2 is 2.00 bits per heavy atom. The Hall–Kier alpha value is -1.98. The number of carbonyl (C=O) groups is 1. The SMILES string of the molecule is CC(=O)N1CCN(C2CCOCC2)CC(Cc2cccc3ncccc23)C1. The third-order valence-electron chi connectivity index (χ3n) is 6.03. The van der Waals surface area contributed by atoms with Crippen molar-refractivity contribution in [3.05, 3.63) is 42.1 Å². The molecule has 0 saturated carbocycles. The molecule has 2 aliphatic rings. The number of pyridine rings is 1. The smallest absolute Gasteiger partial charge is 0.219 e. The first-order chi connectivity index (χ1) is 13.2. The number of benzene rings is 1. The molecule has 2 aromatic rings. The van der Waals surface area contributed by atoms with E-state index in [1.807, 2.05) is 17.2 Å². The van der Waals surface area contributed by atoms with Crippen LogP contribution in [-0.2, 0) is 16.0 Å². The van der Waals surface area contributed by atoms with Crippen LogP contribution in [0.2, 0.25) is 0 Å². The second-order valence-electron chi connectivity index (χ2n) is 7.86. The second kappa shape index (κ2) is 8.36. The molecule has 1 atom stereocenters. The van der Waals surface area contributed by atoms with E-state index in [1.165, 1.54) is 10.9 Å². The van der Waals surface area contributed by atoms with E-state index in [0.717, 1.165) is 64.2 Å². The lowest BCUT2D eigenvalue weighted by molar-refractivity contribution is -0.129. The Morgan fingerprint density at radius 3 is 2.81 bits per heavy atom. The molecule has 1 aromatic heterocycles. The van der Waals surface area contributed by atoms with Gasteiger partial charge < -0.3 is 9.64 Å². The van der Waals surface area contributed by atoms with Gasteiger partial charge in [0.25, 0.3) is 0 Å². The van der Waals surface area contributed by atoms with Gasteiger partial charge in [0.15, 0.2) is 0 Å². The minimum absolute atomic E-state index is 0.188. The minimum Gasteiger partial charge on any atom is -0.381 e. The number of fused-ring (bicyclic) bond motifs is 1. The fourth-order valence-corrected chi connectivity index (χ4v) is 4.59. The molecule has 2 fully saturated rings. The van der Waals surface area contributed by atoms with Crippen molar-refractivity contribution in [2.45, 2.75) is 32.2 Å². The highest BCUT2D eigenvalue weighted by molar-refractivity contribution is 5.82. The van der Waals surface area contributed by atoms with Crippen LogP contribution in [0.1, 0.15) is 25.3 Å². The molecule has 3 heterocycles. The first-order valence-corrected chi connectivity index (χ1v) is 10.1. The molecule has 0 N–H and O–H groups in total. The largest absolute Gasteiger partial charge is 0.381 e. The summed E-state index contributed by atoms with van der Waals surface area (Å²) in [5, 5.41) is 1.23. The zero-order valence-electron chi connectivity index (χ0n) is 16.1. The summed E-state index contributed by atoms with van der Waals surface area (Å²) in [6.07, 6.45) is 5.03. The van der Waals surface area contributed by atoms with Crippen LogP contribution >= 0.6 is 0 Å². The van der Waals surface area contributed by atoms with Crippen LogP contribution in [0.4, 0.5) is 0 Å². The van der Waals surface area contributed by atoms with E-state index in [-0.39, 0.29) is 5.91 Å². The van der Waals surface area contributed by atoms with Gasteiger partial charge in [0.05, 0.1) is 5.52 Å². The van der Waals surface area contributed by atoms with Crippen molar-refractivity contribution in [3.8, 4) is 0 Å². The van der Waals surface area contributed by atoms with Crippen molar-refractivity contribution >= 4 is 16.8 Å². The molecule has 144 valence electrons. The molecule has 0 radical (unpaired) electrons. The average molecular weight is 367 g/mol. The molecule has 27 heavy (non-hydrogen) atoms. The lowest BCUT2D eigenvalue weighted by Gasteiger charge is -2.34. The summed E-state index contributed by atoms with van der Waals surface area (Å²) in [5.74, 6) is 0.624. The van der Waals surface area contributed by atoms with Gasteiger partial charge >= 0.3 is 0 Å². The first kappa shape index (κ1) is 18.4. The summed E-state index contributed by atoms with van der Waals surface area (Å²) in [6.45, 7) is 7.10. The summed E-state index contributed by atoms with van der Waals surface area (Å²) in [7, 11) is 0.